The Kier molecular flexibility index (Phi) is 7.33. The third-order valence-corrected chi connectivity index (χ3v) is 2.50. The van der Waals surface area contributed by atoms with Gasteiger partial charge in [0, 0.05) is 11.6 Å². The number of halogens is 2. The van der Waals surface area contributed by atoms with Crippen LogP contribution in [0, 0.1) is 3.57 Å². The van der Waals surface area contributed by atoms with E-state index in [-0.39, 0.29) is 18.3 Å². The number of nitrogens with zero attached hydrogens (tertiary/aromatic N) is 1. The zero-order chi connectivity index (χ0) is 11.3. The summed E-state index contributed by atoms with van der Waals surface area (Å²) in [7, 11) is 0. The summed E-state index contributed by atoms with van der Waals surface area (Å²) in [6, 6.07) is 4.02. The van der Waals surface area contributed by atoms with Crippen LogP contribution >= 0.6 is 22.6 Å². The minimum absolute atomic E-state index is 0. The lowest BCUT2D eigenvalue weighted by Gasteiger charge is -2.01. The van der Waals surface area contributed by atoms with Gasteiger partial charge >= 0.3 is 0 Å². The lowest BCUT2D eigenvalue weighted by Crippen LogP contribution is -3.00. The predicted octanol–water partition coefficient (Wildman–Crippen LogP) is -1.72. The van der Waals surface area contributed by atoms with Crippen molar-refractivity contribution in [1.82, 2.24) is 5.32 Å². The second kappa shape index (κ2) is 7.62. The number of nitrogens with one attached hydrogen (secondary N) is 1. The molecule has 5 heteroatoms. The van der Waals surface area contributed by atoms with Crippen LogP contribution in [0.4, 0.5) is 0 Å². The van der Waals surface area contributed by atoms with E-state index in [0.717, 1.165) is 6.54 Å². The van der Waals surface area contributed by atoms with Gasteiger partial charge < -0.3 is 17.7 Å². The first kappa shape index (κ1) is 15.4. The van der Waals surface area contributed by atoms with Crippen molar-refractivity contribution in [2.75, 3.05) is 6.54 Å². The molecule has 1 aromatic rings. The van der Waals surface area contributed by atoms with Crippen molar-refractivity contribution in [2.45, 2.75) is 13.5 Å². The minimum Gasteiger partial charge on any atom is -1.00 e. The maximum absolute atomic E-state index is 11.2. The molecule has 0 unspecified atom stereocenters. The van der Waals surface area contributed by atoms with Crippen molar-refractivity contribution < 1.29 is 21.8 Å². The van der Waals surface area contributed by atoms with Crippen LogP contribution in [0.2, 0.25) is 0 Å². The Hall–Kier alpha value is -0.620. The first-order chi connectivity index (χ1) is 7.09. The predicted molar refractivity (Wildman–Crippen MR) is 67.2 cm³/mol. The Labute approximate surface area is 115 Å². The summed E-state index contributed by atoms with van der Waals surface area (Å²) in [5.41, 5.74) is 0.544. The standard InChI is InChI=1S/C11H13IN2O.ClH/c1-9(2)11(15)13-5-7-14-6-3-4-10(12)8-14;/h3-4,6,8H,1,5,7H2,2H3;1H. The van der Waals surface area contributed by atoms with Crippen LogP contribution in [0.1, 0.15) is 6.92 Å². The molecule has 1 amide bonds. The van der Waals surface area contributed by atoms with Gasteiger partial charge in [0.15, 0.2) is 18.9 Å². The van der Waals surface area contributed by atoms with Crippen LogP contribution in [-0.2, 0) is 11.3 Å². The van der Waals surface area contributed by atoms with E-state index in [1.54, 1.807) is 6.92 Å². The molecule has 0 bridgehead atoms. The fourth-order valence-electron chi connectivity index (χ4n) is 1.08. The van der Waals surface area contributed by atoms with Crippen LogP contribution in [0.25, 0.3) is 0 Å². The Bertz CT molecular complexity index is 382. The maximum atomic E-state index is 11.2. The molecule has 1 rings (SSSR count). The van der Waals surface area contributed by atoms with Gasteiger partial charge in [-0.05, 0) is 35.6 Å². The average molecular weight is 353 g/mol. The van der Waals surface area contributed by atoms with E-state index in [1.165, 1.54) is 3.57 Å². The molecule has 0 aliphatic rings. The number of aromatic nitrogens is 1. The number of carbonyl (C=O) groups excluding carboxylic acids is 1. The fourth-order valence-corrected chi connectivity index (χ4v) is 1.64. The topological polar surface area (TPSA) is 33.0 Å². The molecule has 0 radical (unpaired) electrons. The highest BCUT2D eigenvalue weighted by atomic mass is 127. The van der Waals surface area contributed by atoms with E-state index < -0.39 is 0 Å². The van der Waals surface area contributed by atoms with E-state index in [4.69, 9.17) is 0 Å². The summed E-state index contributed by atoms with van der Waals surface area (Å²) in [5, 5.41) is 2.79. The first-order valence-corrected chi connectivity index (χ1v) is 5.76. The molecule has 0 saturated heterocycles. The van der Waals surface area contributed by atoms with Crippen LogP contribution in [0.5, 0.6) is 0 Å². The summed E-state index contributed by atoms with van der Waals surface area (Å²) in [5.74, 6) is -0.0822. The Morgan fingerprint density at radius 2 is 2.31 bits per heavy atom. The molecular formula is C11H14ClIN2O. The first-order valence-electron chi connectivity index (χ1n) is 4.68. The highest BCUT2D eigenvalue weighted by Gasteiger charge is 2.03. The zero-order valence-corrected chi connectivity index (χ0v) is 12.0. The number of hydrogen-bond acceptors (Lipinski definition) is 1. The Morgan fingerprint density at radius 1 is 1.62 bits per heavy atom. The van der Waals surface area contributed by atoms with E-state index in [2.05, 4.69) is 34.5 Å². The van der Waals surface area contributed by atoms with Crippen LogP contribution in [0.15, 0.2) is 36.7 Å². The van der Waals surface area contributed by atoms with E-state index >= 15 is 0 Å². The van der Waals surface area contributed by atoms with Gasteiger partial charge in [-0.3, -0.25) is 4.79 Å². The molecule has 1 heterocycles. The normalized spacial score (nSPS) is 9.12. The zero-order valence-electron chi connectivity index (χ0n) is 9.04. The molecule has 1 aromatic heterocycles. The summed E-state index contributed by atoms with van der Waals surface area (Å²) in [4.78, 5) is 11.2. The highest BCUT2D eigenvalue weighted by molar-refractivity contribution is 14.1. The van der Waals surface area contributed by atoms with Gasteiger partial charge in [-0.15, -0.1) is 0 Å². The lowest BCUT2D eigenvalue weighted by molar-refractivity contribution is -0.695. The third-order valence-electron chi connectivity index (χ3n) is 1.87. The summed E-state index contributed by atoms with van der Waals surface area (Å²) < 4.78 is 3.22. The number of carbonyl (C=O) groups is 1. The minimum atomic E-state index is -0.0822. The van der Waals surface area contributed by atoms with E-state index in [9.17, 15) is 4.79 Å². The molecule has 0 aliphatic heterocycles. The molecule has 1 N–H and O–H groups in total. The van der Waals surface area contributed by atoms with Gasteiger partial charge in [0.2, 0.25) is 5.91 Å². The number of hydrogen-bond donors (Lipinski definition) is 1. The fraction of sp³-hybridized carbons (Fsp3) is 0.273. The summed E-state index contributed by atoms with van der Waals surface area (Å²) >= 11 is 2.26. The molecule has 0 spiro atoms. The van der Waals surface area contributed by atoms with Gasteiger partial charge in [-0.1, -0.05) is 6.58 Å². The van der Waals surface area contributed by atoms with Crippen molar-refractivity contribution in [3.8, 4) is 0 Å². The number of amides is 1. The molecule has 16 heavy (non-hydrogen) atoms. The molecule has 3 nitrogen and oxygen atoms in total. The number of rotatable bonds is 4. The molecule has 0 aliphatic carbocycles. The molecule has 0 aromatic carbocycles. The SMILES string of the molecule is C=C(C)C(=O)NCC[n+]1cccc(I)c1.[Cl-]. The molecule has 0 atom stereocenters. The largest absolute Gasteiger partial charge is 1.00 e. The van der Waals surface area contributed by atoms with Crippen molar-refractivity contribution in [2.24, 2.45) is 0 Å². The van der Waals surface area contributed by atoms with Gasteiger partial charge in [-0.2, -0.15) is 0 Å². The molecule has 0 saturated carbocycles. The van der Waals surface area contributed by atoms with Crippen LogP contribution < -0.4 is 22.3 Å². The van der Waals surface area contributed by atoms with E-state index in [1.807, 2.05) is 29.1 Å². The van der Waals surface area contributed by atoms with Crippen LogP contribution in [0.3, 0.4) is 0 Å². The van der Waals surface area contributed by atoms with Crippen molar-refractivity contribution in [1.29, 1.82) is 0 Å². The molecule has 88 valence electrons. The Morgan fingerprint density at radius 3 is 2.88 bits per heavy atom. The number of pyridine rings is 1. The maximum Gasteiger partial charge on any atom is 0.246 e. The molecule has 0 fully saturated rings. The van der Waals surface area contributed by atoms with Crippen molar-refractivity contribution in [3.05, 3.63) is 40.2 Å². The van der Waals surface area contributed by atoms with Crippen molar-refractivity contribution in [3.63, 3.8) is 0 Å². The smallest absolute Gasteiger partial charge is 0.246 e. The second-order valence-corrected chi connectivity index (χ2v) is 4.54. The highest BCUT2D eigenvalue weighted by Crippen LogP contribution is 1.97. The molecular weight excluding hydrogens is 338 g/mol. The van der Waals surface area contributed by atoms with Gasteiger partial charge in [0.25, 0.3) is 0 Å². The van der Waals surface area contributed by atoms with Crippen LogP contribution in [-0.4, -0.2) is 12.5 Å². The average Bonchev–Trinajstić information content (AvgIpc) is 2.17. The van der Waals surface area contributed by atoms with Gasteiger partial charge in [-0.25, -0.2) is 4.57 Å². The lowest BCUT2D eigenvalue weighted by atomic mass is 10.3. The Balaban J connectivity index is 0.00000225. The third kappa shape index (κ3) is 5.46. The van der Waals surface area contributed by atoms with Gasteiger partial charge in [0.1, 0.15) is 0 Å². The summed E-state index contributed by atoms with van der Waals surface area (Å²) in [6.45, 7) is 6.67. The van der Waals surface area contributed by atoms with Gasteiger partial charge in [0.05, 0.1) is 10.1 Å². The van der Waals surface area contributed by atoms with E-state index in [0.29, 0.717) is 12.1 Å². The second-order valence-electron chi connectivity index (χ2n) is 3.30. The van der Waals surface area contributed by atoms with Crippen molar-refractivity contribution >= 4 is 28.5 Å². The summed E-state index contributed by atoms with van der Waals surface area (Å²) in [6.07, 6.45) is 4.02. The quantitative estimate of drug-likeness (QED) is 0.390. The monoisotopic (exact) mass is 352 g/mol.